The van der Waals surface area contributed by atoms with Crippen LogP contribution in [0.3, 0.4) is 0 Å². The predicted molar refractivity (Wildman–Crippen MR) is 103 cm³/mol. The quantitative estimate of drug-likeness (QED) is 0.740. The summed E-state index contributed by atoms with van der Waals surface area (Å²) in [6, 6.07) is 5.90. The summed E-state index contributed by atoms with van der Waals surface area (Å²) in [7, 11) is 0. The Balaban J connectivity index is 1.58. The number of amides is 1. The zero-order valence-corrected chi connectivity index (χ0v) is 15.9. The minimum atomic E-state index is -1.89. The molecule has 0 saturated carbocycles. The predicted octanol–water partition coefficient (Wildman–Crippen LogP) is 3.83. The molecule has 8 heteroatoms. The van der Waals surface area contributed by atoms with Gasteiger partial charge in [0.2, 0.25) is 0 Å². The summed E-state index contributed by atoms with van der Waals surface area (Å²) in [5, 5.41) is 12.4. The van der Waals surface area contributed by atoms with Gasteiger partial charge in [-0.25, -0.2) is 9.37 Å². The summed E-state index contributed by atoms with van der Waals surface area (Å²) in [6.45, 7) is 4.46. The molecule has 0 spiro atoms. The number of thiazole rings is 1. The first kappa shape index (κ1) is 17.9. The van der Waals surface area contributed by atoms with Gasteiger partial charge >= 0.3 is 0 Å². The number of fused-ring (bicyclic) bond motifs is 1. The van der Waals surface area contributed by atoms with E-state index in [2.05, 4.69) is 20.5 Å². The fraction of sp³-hybridized carbons (Fsp3) is 0.368. The molecule has 1 aromatic carbocycles. The molecule has 2 aromatic heterocycles. The number of aryl methyl sites for hydroxylation is 2. The van der Waals surface area contributed by atoms with Crippen molar-refractivity contribution in [3.8, 4) is 10.4 Å². The van der Waals surface area contributed by atoms with Crippen LogP contribution in [0, 0.1) is 13.8 Å². The zero-order chi connectivity index (χ0) is 19.0. The smallest absolute Gasteiger partial charge is 0.264 e. The number of carbonyl (C=O) groups excluding carboxylic acids is 1. The molecule has 1 aliphatic rings. The Bertz CT molecular complexity index is 1010. The van der Waals surface area contributed by atoms with Gasteiger partial charge < -0.3 is 4.74 Å². The molecular weight excluding hydrogens is 367 g/mol. The van der Waals surface area contributed by atoms with Crippen LogP contribution in [0.15, 0.2) is 24.4 Å². The molecule has 3 heterocycles. The number of anilines is 1. The summed E-state index contributed by atoms with van der Waals surface area (Å²) in [6.07, 6.45) is 1.83. The van der Waals surface area contributed by atoms with Crippen molar-refractivity contribution in [2.24, 2.45) is 0 Å². The van der Waals surface area contributed by atoms with E-state index in [4.69, 9.17) is 4.74 Å². The number of rotatable bonds is 3. The SMILES string of the molecule is Cc1nnc2ccc(-c3cnc(NC(=O)C4(F)CCOCC4)s3)cc2c1C. The average Bonchev–Trinajstić information content (AvgIpc) is 3.14. The second kappa shape index (κ2) is 6.94. The number of ether oxygens (including phenoxy) is 1. The van der Waals surface area contributed by atoms with Gasteiger partial charge in [-0.1, -0.05) is 17.4 Å². The lowest BCUT2D eigenvalue weighted by molar-refractivity contribution is -0.133. The number of alkyl halides is 1. The lowest BCUT2D eigenvalue weighted by atomic mass is 9.96. The molecule has 1 N–H and O–H groups in total. The van der Waals surface area contributed by atoms with Crippen molar-refractivity contribution in [3.05, 3.63) is 35.7 Å². The number of nitrogens with zero attached hydrogens (tertiary/aromatic N) is 3. The molecule has 27 heavy (non-hydrogen) atoms. The van der Waals surface area contributed by atoms with Crippen molar-refractivity contribution in [1.82, 2.24) is 15.2 Å². The molecule has 4 rings (SSSR count). The van der Waals surface area contributed by atoms with Crippen LogP contribution in [-0.4, -0.2) is 40.0 Å². The molecule has 1 saturated heterocycles. The van der Waals surface area contributed by atoms with Crippen LogP contribution in [0.2, 0.25) is 0 Å². The summed E-state index contributed by atoms with van der Waals surface area (Å²) in [4.78, 5) is 17.4. The third kappa shape index (κ3) is 3.42. The average molecular weight is 386 g/mol. The minimum Gasteiger partial charge on any atom is -0.381 e. The van der Waals surface area contributed by atoms with Crippen molar-refractivity contribution in [1.29, 1.82) is 0 Å². The maximum Gasteiger partial charge on any atom is 0.264 e. The topological polar surface area (TPSA) is 77.0 Å². The second-order valence-electron chi connectivity index (χ2n) is 6.70. The summed E-state index contributed by atoms with van der Waals surface area (Å²) < 4.78 is 19.8. The van der Waals surface area contributed by atoms with E-state index in [1.54, 1.807) is 6.20 Å². The third-order valence-corrected chi connectivity index (χ3v) is 5.92. The van der Waals surface area contributed by atoms with Crippen LogP contribution in [0.4, 0.5) is 9.52 Å². The minimum absolute atomic E-state index is 0.0708. The number of carbonyl (C=O) groups is 1. The number of aromatic nitrogens is 3. The lowest BCUT2D eigenvalue weighted by Crippen LogP contribution is -2.43. The van der Waals surface area contributed by atoms with Gasteiger partial charge in [0.1, 0.15) is 0 Å². The van der Waals surface area contributed by atoms with Crippen molar-refractivity contribution in [2.45, 2.75) is 32.4 Å². The zero-order valence-electron chi connectivity index (χ0n) is 15.1. The molecule has 0 radical (unpaired) electrons. The highest BCUT2D eigenvalue weighted by Crippen LogP contribution is 2.33. The number of benzene rings is 1. The Labute approximate surface area is 159 Å². The first-order valence-electron chi connectivity index (χ1n) is 8.74. The van der Waals surface area contributed by atoms with E-state index >= 15 is 0 Å². The highest BCUT2D eigenvalue weighted by atomic mass is 32.1. The highest BCUT2D eigenvalue weighted by molar-refractivity contribution is 7.19. The van der Waals surface area contributed by atoms with E-state index in [1.165, 1.54) is 11.3 Å². The van der Waals surface area contributed by atoms with Gasteiger partial charge in [0.25, 0.3) is 5.91 Å². The largest absolute Gasteiger partial charge is 0.381 e. The van der Waals surface area contributed by atoms with Crippen LogP contribution in [0.5, 0.6) is 0 Å². The number of halogens is 1. The fourth-order valence-electron chi connectivity index (χ4n) is 3.07. The van der Waals surface area contributed by atoms with E-state index < -0.39 is 11.6 Å². The Morgan fingerprint density at radius 1 is 1.26 bits per heavy atom. The van der Waals surface area contributed by atoms with Crippen LogP contribution in [-0.2, 0) is 9.53 Å². The second-order valence-corrected chi connectivity index (χ2v) is 7.73. The third-order valence-electron chi connectivity index (χ3n) is 4.95. The molecule has 0 aliphatic carbocycles. The van der Waals surface area contributed by atoms with Crippen molar-refractivity contribution < 1.29 is 13.9 Å². The Kier molecular flexibility index (Phi) is 4.61. The molecule has 1 amide bonds. The standard InChI is InChI=1S/C19H19FN4O2S/c1-11-12(2)23-24-15-4-3-13(9-14(11)15)16-10-21-18(27-16)22-17(25)19(20)5-7-26-8-6-19/h3-4,9-10H,5-8H2,1-2H3,(H,21,22,25). The van der Waals surface area contributed by atoms with E-state index in [-0.39, 0.29) is 26.1 Å². The van der Waals surface area contributed by atoms with E-state index in [0.717, 1.165) is 32.6 Å². The van der Waals surface area contributed by atoms with Crippen LogP contribution < -0.4 is 5.32 Å². The van der Waals surface area contributed by atoms with E-state index in [9.17, 15) is 9.18 Å². The van der Waals surface area contributed by atoms with Gasteiger partial charge in [0, 0.05) is 24.4 Å². The first-order chi connectivity index (χ1) is 13.0. The maximum absolute atomic E-state index is 14.7. The number of hydrogen-bond acceptors (Lipinski definition) is 6. The van der Waals surface area contributed by atoms with Gasteiger partial charge in [-0.3, -0.25) is 10.1 Å². The molecule has 0 unspecified atom stereocenters. The summed E-state index contributed by atoms with van der Waals surface area (Å²) in [5.41, 5.74) is 1.89. The Morgan fingerprint density at radius 2 is 2.04 bits per heavy atom. The fourth-order valence-corrected chi connectivity index (χ4v) is 3.88. The van der Waals surface area contributed by atoms with Crippen molar-refractivity contribution in [2.75, 3.05) is 18.5 Å². The lowest BCUT2D eigenvalue weighted by Gasteiger charge is -2.27. The number of hydrogen-bond donors (Lipinski definition) is 1. The molecule has 6 nitrogen and oxygen atoms in total. The Hall–Kier alpha value is -2.45. The van der Waals surface area contributed by atoms with E-state index in [1.807, 2.05) is 32.0 Å². The van der Waals surface area contributed by atoms with Gasteiger partial charge in [-0.05, 0) is 37.1 Å². The summed E-state index contributed by atoms with van der Waals surface area (Å²) >= 11 is 1.32. The van der Waals surface area contributed by atoms with Gasteiger partial charge in [-0.2, -0.15) is 10.2 Å². The van der Waals surface area contributed by atoms with Crippen molar-refractivity contribution >= 4 is 33.3 Å². The maximum atomic E-state index is 14.7. The molecular formula is C19H19FN4O2S. The van der Waals surface area contributed by atoms with Gasteiger partial charge in [0.15, 0.2) is 10.8 Å². The number of nitrogens with one attached hydrogen (secondary N) is 1. The molecule has 0 atom stereocenters. The normalized spacial score (nSPS) is 16.4. The van der Waals surface area contributed by atoms with E-state index in [0.29, 0.717) is 5.13 Å². The van der Waals surface area contributed by atoms with Crippen LogP contribution in [0.1, 0.15) is 24.1 Å². The highest BCUT2D eigenvalue weighted by Gasteiger charge is 2.40. The van der Waals surface area contributed by atoms with Crippen molar-refractivity contribution in [3.63, 3.8) is 0 Å². The Morgan fingerprint density at radius 3 is 2.81 bits per heavy atom. The molecule has 0 bridgehead atoms. The molecule has 140 valence electrons. The van der Waals surface area contributed by atoms with Gasteiger partial charge in [-0.15, -0.1) is 0 Å². The van der Waals surface area contributed by atoms with Crippen LogP contribution in [0.25, 0.3) is 21.3 Å². The summed E-state index contributed by atoms with van der Waals surface area (Å²) in [5.74, 6) is -0.646. The molecule has 1 fully saturated rings. The van der Waals surface area contributed by atoms with Gasteiger partial charge in [0.05, 0.1) is 29.3 Å². The van der Waals surface area contributed by atoms with Crippen LogP contribution >= 0.6 is 11.3 Å². The monoisotopic (exact) mass is 386 g/mol. The first-order valence-corrected chi connectivity index (χ1v) is 9.56. The molecule has 1 aliphatic heterocycles. The molecule has 3 aromatic rings.